The fraction of sp³-hybridized carbons (Fsp3) is 0.286. The maximum Gasteiger partial charge on any atom is 0.288 e. The molecule has 0 bridgehead atoms. The molecule has 0 saturated carbocycles. The zero-order valence-corrected chi connectivity index (χ0v) is 13.0. The zero-order valence-electron chi connectivity index (χ0n) is 11.5. The van der Waals surface area contributed by atoms with E-state index in [1.165, 1.54) is 0 Å². The van der Waals surface area contributed by atoms with E-state index in [2.05, 4.69) is 9.46 Å². The van der Waals surface area contributed by atoms with Crippen LogP contribution in [0.3, 0.4) is 0 Å². The highest BCUT2D eigenvalue weighted by Crippen LogP contribution is 2.18. The summed E-state index contributed by atoms with van der Waals surface area (Å²) in [7, 11) is -2.29. The summed E-state index contributed by atoms with van der Waals surface area (Å²) in [6.07, 6.45) is 2.49. The van der Waals surface area contributed by atoms with Crippen LogP contribution in [0.1, 0.15) is 22.5 Å². The average molecular weight is 324 g/mol. The van der Waals surface area contributed by atoms with E-state index in [4.69, 9.17) is 11.6 Å². The van der Waals surface area contributed by atoms with Crippen LogP contribution in [0.15, 0.2) is 34.8 Å². The zero-order chi connectivity index (χ0) is 15.0. The molecule has 2 aromatic rings. The largest absolute Gasteiger partial charge is 0.288 e. The molecule has 3 rings (SSSR count). The second kappa shape index (κ2) is 5.27. The fourth-order valence-corrected chi connectivity index (χ4v) is 3.57. The molecule has 0 radical (unpaired) electrons. The van der Waals surface area contributed by atoms with Gasteiger partial charge in [-0.25, -0.2) is 8.89 Å². The lowest BCUT2D eigenvalue weighted by Crippen LogP contribution is -2.24. The maximum atomic E-state index is 12.2. The summed E-state index contributed by atoms with van der Waals surface area (Å²) in [6.45, 7) is 1.74. The van der Waals surface area contributed by atoms with Crippen molar-refractivity contribution < 1.29 is 9.00 Å². The Morgan fingerprint density at radius 1 is 1.33 bits per heavy atom. The Labute approximate surface area is 128 Å². The number of amides is 1. The van der Waals surface area contributed by atoms with E-state index in [0.717, 1.165) is 12.1 Å². The molecule has 7 heteroatoms. The highest BCUT2D eigenvalue weighted by Gasteiger charge is 2.23. The first-order valence-electron chi connectivity index (χ1n) is 6.56. The SMILES string of the molecule is Cc1nn(-c2ccc(Cl)cc2)cc1C(=O)N=S1(=O)CCC1. The first kappa shape index (κ1) is 14.3. The van der Waals surface area contributed by atoms with Crippen molar-refractivity contribution >= 4 is 27.2 Å². The molecule has 2 heterocycles. The summed E-state index contributed by atoms with van der Waals surface area (Å²) < 4.78 is 17.5. The molecule has 0 aliphatic carbocycles. The molecule has 1 fully saturated rings. The molecule has 1 aromatic carbocycles. The maximum absolute atomic E-state index is 12.2. The van der Waals surface area contributed by atoms with Crippen molar-refractivity contribution in [3.63, 3.8) is 0 Å². The van der Waals surface area contributed by atoms with Gasteiger partial charge in [0, 0.05) is 22.7 Å². The van der Waals surface area contributed by atoms with Gasteiger partial charge in [-0.3, -0.25) is 4.79 Å². The minimum Gasteiger partial charge on any atom is -0.266 e. The molecule has 1 aromatic heterocycles. The first-order chi connectivity index (χ1) is 9.97. The van der Waals surface area contributed by atoms with Crippen molar-refractivity contribution in [2.75, 3.05) is 11.5 Å². The summed E-state index contributed by atoms with van der Waals surface area (Å²) in [6, 6.07) is 7.13. The van der Waals surface area contributed by atoms with Gasteiger partial charge in [-0.15, -0.1) is 0 Å². The second-order valence-corrected chi connectivity index (χ2v) is 7.96. The highest BCUT2D eigenvalue weighted by molar-refractivity contribution is 7.95. The number of carbonyl (C=O) groups is 1. The molecule has 21 heavy (non-hydrogen) atoms. The van der Waals surface area contributed by atoms with Gasteiger partial charge in [0.15, 0.2) is 0 Å². The molecule has 0 atom stereocenters. The number of benzene rings is 1. The van der Waals surface area contributed by atoms with Gasteiger partial charge in [-0.05, 0) is 37.6 Å². The Balaban J connectivity index is 1.95. The van der Waals surface area contributed by atoms with Crippen molar-refractivity contribution in [1.82, 2.24) is 9.78 Å². The first-order valence-corrected chi connectivity index (χ1v) is 8.79. The van der Waals surface area contributed by atoms with E-state index in [-0.39, 0.29) is 0 Å². The van der Waals surface area contributed by atoms with Crippen LogP contribution in [0, 0.1) is 6.92 Å². The third-order valence-corrected chi connectivity index (χ3v) is 6.00. The molecule has 1 amide bonds. The van der Waals surface area contributed by atoms with Gasteiger partial charge in [-0.2, -0.15) is 9.46 Å². The van der Waals surface area contributed by atoms with E-state index in [9.17, 15) is 9.00 Å². The van der Waals surface area contributed by atoms with Gasteiger partial charge in [-0.1, -0.05) is 11.6 Å². The quantitative estimate of drug-likeness (QED) is 0.853. The van der Waals surface area contributed by atoms with E-state index in [1.807, 2.05) is 12.1 Å². The van der Waals surface area contributed by atoms with Crippen LogP contribution < -0.4 is 0 Å². The molecule has 0 N–H and O–H groups in total. The summed E-state index contributed by atoms with van der Waals surface area (Å²) in [5, 5.41) is 4.94. The Morgan fingerprint density at radius 3 is 2.57 bits per heavy atom. The van der Waals surface area contributed by atoms with E-state index < -0.39 is 15.6 Å². The lowest BCUT2D eigenvalue weighted by Gasteiger charge is -2.16. The van der Waals surface area contributed by atoms with Crippen molar-refractivity contribution in [2.24, 2.45) is 4.36 Å². The van der Waals surface area contributed by atoms with E-state index >= 15 is 0 Å². The van der Waals surface area contributed by atoms with Crippen molar-refractivity contribution in [2.45, 2.75) is 13.3 Å². The van der Waals surface area contributed by atoms with Gasteiger partial charge in [0.05, 0.1) is 26.7 Å². The Bertz CT molecular complexity index is 807. The number of hydrogen-bond acceptors (Lipinski definition) is 3. The summed E-state index contributed by atoms with van der Waals surface area (Å²) in [5.41, 5.74) is 1.76. The smallest absolute Gasteiger partial charge is 0.266 e. The molecule has 0 spiro atoms. The summed E-state index contributed by atoms with van der Waals surface area (Å²) >= 11 is 5.85. The van der Waals surface area contributed by atoms with E-state index in [1.54, 1.807) is 29.9 Å². The lowest BCUT2D eigenvalue weighted by atomic mass is 10.2. The van der Waals surface area contributed by atoms with Gasteiger partial charge >= 0.3 is 0 Å². The normalized spacial score (nSPS) is 16.3. The van der Waals surface area contributed by atoms with Crippen LogP contribution in [0.2, 0.25) is 5.02 Å². The van der Waals surface area contributed by atoms with Gasteiger partial charge in [0.25, 0.3) is 5.91 Å². The number of aryl methyl sites for hydroxylation is 1. The van der Waals surface area contributed by atoms with Gasteiger partial charge < -0.3 is 0 Å². The molecular formula is C14H14ClN3O2S. The van der Waals surface area contributed by atoms with Crippen LogP contribution in [0.5, 0.6) is 0 Å². The average Bonchev–Trinajstić information content (AvgIpc) is 2.80. The summed E-state index contributed by atoms with van der Waals surface area (Å²) in [5.74, 6) is 0.587. The Hall–Kier alpha value is -1.66. The van der Waals surface area contributed by atoms with Crippen LogP contribution in [0.25, 0.3) is 5.69 Å². The van der Waals surface area contributed by atoms with Crippen LogP contribution in [-0.2, 0) is 9.73 Å². The minimum absolute atomic E-state index is 0.388. The van der Waals surface area contributed by atoms with Crippen molar-refractivity contribution in [3.8, 4) is 5.69 Å². The summed E-state index contributed by atoms with van der Waals surface area (Å²) in [4.78, 5) is 12.2. The van der Waals surface area contributed by atoms with Crippen LogP contribution in [0.4, 0.5) is 0 Å². The highest BCUT2D eigenvalue weighted by atomic mass is 35.5. The number of rotatable bonds is 2. The predicted octanol–water partition coefficient (Wildman–Crippen LogP) is 2.85. The lowest BCUT2D eigenvalue weighted by molar-refractivity contribution is 0.100. The standard InChI is InChI=1S/C14H14ClN3O2S/c1-10-13(14(19)17-21(20)7-2-8-21)9-18(16-10)12-5-3-11(15)4-6-12/h3-6,9H,2,7-8H2,1H3. The molecule has 1 aliphatic rings. The monoisotopic (exact) mass is 323 g/mol. The third-order valence-electron chi connectivity index (χ3n) is 3.40. The molecule has 5 nitrogen and oxygen atoms in total. The fourth-order valence-electron chi connectivity index (χ4n) is 2.08. The van der Waals surface area contributed by atoms with Crippen molar-refractivity contribution in [1.29, 1.82) is 0 Å². The Kier molecular flexibility index (Phi) is 3.59. The number of aromatic nitrogens is 2. The molecule has 0 unspecified atom stereocenters. The van der Waals surface area contributed by atoms with Crippen LogP contribution >= 0.6 is 11.6 Å². The van der Waals surface area contributed by atoms with Gasteiger partial charge in [0.1, 0.15) is 0 Å². The van der Waals surface area contributed by atoms with Gasteiger partial charge in [0.2, 0.25) is 0 Å². The molecule has 110 valence electrons. The number of nitrogens with zero attached hydrogens (tertiary/aromatic N) is 3. The number of halogens is 1. The minimum atomic E-state index is -2.29. The van der Waals surface area contributed by atoms with E-state index in [0.29, 0.717) is 27.8 Å². The number of hydrogen-bond donors (Lipinski definition) is 0. The number of carbonyl (C=O) groups excluding carboxylic acids is 1. The Morgan fingerprint density at radius 2 is 2.00 bits per heavy atom. The van der Waals surface area contributed by atoms with Crippen molar-refractivity contribution in [3.05, 3.63) is 46.7 Å². The predicted molar refractivity (Wildman–Crippen MR) is 82.6 cm³/mol. The molecule has 1 aliphatic heterocycles. The topological polar surface area (TPSA) is 64.3 Å². The van der Waals surface area contributed by atoms with Crippen LogP contribution in [-0.4, -0.2) is 31.4 Å². The second-order valence-electron chi connectivity index (χ2n) is 4.98. The molecule has 1 saturated heterocycles. The third kappa shape index (κ3) is 2.87. The molecular weight excluding hydrogens is 310 g/mol.